The lowest BCUT2D eigenvalue weighted by Gasteiger charge is -2.31. The molecule has 2 aromatic rings. The van der Waals surface area contributed by atoms with E-state index in [0.717, 1.165) is 29.8 Å². The number of hydrogen-bond acceptors (Lipinski definition) is 6. The van der Waals surface area contributed by atoms with Crippen LogP contribution in [0.2, 0.25) is 0 Å². The van der Waals surface area contributed by atoms with E-state index in [0.29, 0.717) is 18.9 Å². The number of carbonyl (C=O) groups excluding carboxylic acids is 1. The Balaban J connectivity index is 1.48. The zero-order valence-corrected chi connectivity index (χ0v) is 15.3. The van der Waals surface area contributed by atoms with Crippen LogP contribution in [0.15, 0.2) is 41.4 Å². The van der Waals surface area contributed by atoms with Crippen LogP contribution in [0.3, 0.4) is 0 Å². The molecule has 0 aliphatic carbocycles. The molecule has 0 N–H and O–H groups in total. The molecular weight excluding hydrogens is 352 g/mol. The molecule has 0 saturated carbocycles. The summed E-state index contributed by atoms with van der Waals surface area (Å²) >= 11 is -1.28. The predicted molar refractivity (Wildman–Crippen MR) is 97.0 cm³/mol. The average Bonchev–Trinajstić information content (AvgIpc) is 2.99. The first-order valence-corrected chi connectivity index (χ1v) is 9.75. The standard InChI is InChI=1S/C18H20N4O3S/c1-13(23)21-10-4-6-15(12-21)25-18-19-9-8-17(20-18)22-11-14-5-2-3-7-16(14)26(22)24/h2-3,5,7-9,15H,4,6,10-12H2,1H3. The molecule has 26 heavy (non-hydrogen) atoms. The van der Waals surface area contributed by atoms with Gasteiger partial charge in [0, 0.05) is 31.3 Å². The fraction of sp³-hybridized carbons (Fsp3) is 0.389. The van der Waals surface area contributed by atoms with Gasteiger partial charge in [-0.25, -0.2) is 4.98 Å². The highest BCUT2D eigenvalue weighted by molar-refractivity contribution is 7.93. The van der Waals surface area contributed by atoms with Gasteiger partial charge in [-0.15, -0.1) is 0 Å². The minimum absolute atomic E-state index is 0.0539. The number of likely N-dealkylation sites (tertiary alicyclic amines) is 1. The Hall–Kier alpha value is -2.32. The van der Waals surface area contributed by atoms with Gasteiger partial charge < -0.3 is 14.2 Å². The van der Waals surface area contributed by atoms with Crippen LogP contribution in [-0.4, -0.2) is 44.5 Å². The van der Waals surface area contributed by atoms with E-state index in [2.05, 4.69) is 9.97 Å². The highest BCUT2D eigenvalue weighted by atomic mass is 32.2. The summed E-state index contributed by atoms with van der Waals surface area (Å²) in [5.74, 6) is 0.627. The van der Waals surface area contributed by atoms with E-state index in [1.54, 1.807) is 28.4 Å². The van der Waals surface area contributed by atoms with E-state index in [1.165, 1.54) is 0 Å². The highest BCUT2D eigenvalue weighted by Gasteiger charge is 2.35. The summed E-state index contributed by atoms with van der Waals surface area (Å²) in [5.41, 5.74) is 1.04. The maximum atomic E-state index is 12.7. The SMILES string of the molecule is CC(=O)N1CCCC(Oc2nccc(N3Cc4ccccc4[S+]3[O-])n2)C1. The number of amides is 1. The van der Waals surface area contributed by atoms with Crippen molar-refractivity contribution in [2.75, 3.05) is 17.4 Å². The summed E-state index contributed by atoms with van der Waals surface area (Å²) in [7, 11) is 0. The molecule has 0 spiro atoms. The van der Waals surface area contributed by atoms with Gasteiger partial charge in [-0.05, 0) is 18.9 Å². The van der Waals surface area contributed by atoms with Crippen LogP contribution < -0.4 is 9.04 Å². The van der Waals surface area contributed by atoms with Gasteiger partial charge in [0.05, 0.1) is 13.1 Å². The van der Waals surface area contributed by atoms with Crippen molar-refractivity contribution in [2.45, 2.75) is 37.3 Å². The van der Waals surface area contributed by atoms with Gasteiger partial charge in [0.15, 0.2) is 10.7 Å². The molecule has 1 amide bonds. The van der Waals surface area contributed by atoms with Crippen molar-refractivity contribution in [1.29, 1.82) is 0 Å². The summed E-state index contributed by atoms with van der Waals surface area (Å²) in [6.07, 6.45) is 3.25. The minimum Gasteiger partial charge on any atom is -0.588 e. The summed E-state index contributed by atoms with van der Waals surface area (Å²) in [4.78, 5) is 22.8. The molecule has 8 heteroatoms. The number of nitrogens with zero attached hydrogens (tertiary/aromatic N) is 4. The summed E-state index contributed by atoms with van der Waals surface area (Å²) in [6.45, 7) is 3.42. The smallest absolute Gasteiger partial charge is 0.318 e. The molecule has 1 saturated heterocycles. The van der Waals surface area contributed by atoms with Crippen molar-refractivity contribution in [3.05, 3.63) is 42.1 Å². The second kappa shape index (κ2) is 7.13. The van der Waals surface area contributed by atoms with Crippen LogP contribution >= 0.6 is 0 Å². The van der Waals surface area contributed by atoms with Crippen LogP contribution in [0.1, 0.15) is 25.3 Å². The summed E-state index contributed by atoms with van der Waals surface area (Å²) in [6, 6.07) is 9.67. The fourth-order valence-electron chi connectivity index (χ4n) is 3.30. The second-order valence-electron chi connectivity index (χ2n) is 6.44. The van der Waals surface area contributed by atoms with Gasteiger partial charge >= 0.3 is 6.01 Å². The van der Waals surface area contributed by atoms with Gasteiger partial charge in [-0.2, -0.15) is 9.29 Å². The number of piperidine rings is 1. The van der Waals surface area contributed by atoms with Gasteiger partial charge in [0.25, 0.3) is 0 Å². The van der Waals surface area contributed by atoms with Crippen molar-refractivity contribution in [3.8, 4) is 6.01 Å². The van der Waals surface area contributed by atoms with Gasteiger partial charge in [0.2, 0.25) is 5.91 Å². The van der Waals surface area contributed by atoms with E-state index in [9.17, 15) is 9.35 Å². The third-order valence-corrected chi connectivity index (χ3v) is 6.14. The zero-order chi connectivity index (χ0) is 18.1. The lowest BCUT2D eigenvalue weighted by molar-refractivity contribution is -0.131. The molecule has 4 rings (SSSR count). The van der Waals surface area contributed by atoms with Crippen LogP contribution in [0, 0.1) is 0 Å². The Labute approximate surface area is 155 Å². The van der Waals surface area contributed by atoms with E-state index in [4.69, 9.17) is 4.74 Å². The van der Waals surface area contributed by atoms with Gasteiger partial charge in [0.1, 0.15) is 17.5 Å². The third-order valence-electron chi connectivity index (χ3n) is 4.64. The molecule has 1 fully saturated rings. The second-order valence-corrected chi connectivity index (χ2v) is 7.82. The Bertz CT molecular complexity index is 819. The maximum absolute atomic E-state index is 12.7. The number of rotatable bonds is 3. The molecule has 2 unspecified atom stereocenters. The fourth-order valence-corrected chi connectivity index (χ4v) is 4.62. The molecule has 7 nitrogen and oxygen atoms in total. The van der Waals surface area contributed by atoms with Crippen LogP contribution in [0.25, 0.3) is 0 Å². The minimum atomic E-state index is -1.28. The first-order valence-electron chi connectivity index (χ1n) is 8.64. The molecule has 0 bridgehead atoms. The van der Waals surface area contributed by atoms with Crippen molar-refractivity contribution in [3.63, 3.8) is 0 Å². The van der Waals surface area contributed by atoms with Crippen LogP contribution in [0.5, 0.6) is 6.01 Å². The van der Waals surface area contributed by atoms with E-state index < -0.39 is 11.4 Å². The normalized spacial score (nSPS) is 22.2. The van der Waals surface area contributed by atoms with Crippen molar-refractivity contribution in [1.82, 2.24) is 14.9 Å². The number of aromatic nitrogens is 2. The van der Waals surface area contributed by atoms with Gasteiger partial charge in [-0.1, -0.05) is 18.2 Å². The molecule has 136 valence electrons. The Morgan fingerprint density at radius 1 is 1.35 bits per heavy atom. The number of ether oxygens (including phenoxy) is 1. The Kier molecular flexibility index (Phi) is 4.69. The molecular formula is C18H20N4O3S. The van der Waals surface area contributed by atoms with Crippen molar-refractivity contribution >= 4 is 23.1 Å². The van der Waals surface area contributed by atoms with Gasteiger partial charge in [-0.3, -0.25) is 4.79 Å². The molecule has 0 radical (unpaired) electrons. The monoisotopic (exact) mass is 372 g/mol. The largest absolute Gasteiger partial charge is 0.588 e. The average molecular weight is 372 g/mol. The molecule has 1 aromatic heterocycles. The maximum Gasteiger partial charge on any atom is 0.318 e. The number of hydrogen-bond donors (Lipinski definition) is 0. The number of fused-ring (bicyclic) bond motifs is 1. The molecule has 2 aliphatic heterocycles. The van der Waals surface area contributed by atoms with Crippen molar-refractivity contribution in [2.24, 2.45) is 0 Å². The summed E-state index contributed by atoms with van der Waals surface area (Å²) in [5, 5.41) is 0. The highest BCUT2D eigenvalue weighted by Crippen LogP contribution is 2.33. The lowest BCUT2D eigenvalue weighted by atomic mass is 10.1. The third kappa shape index (κ3) is 3.34. The molecule has 2 atom stereocenters. The quantitative estimate of drug-likeness (QED) is 0.766. The van der Waals surface area contributed by atoms with Crippen LogP contribution in [0.4, 0.5) is 5.82 Å². The van der Waals surface area contributed by atoms with E-state index >= 15 is 0 Å². The predicted octanol–water partition coefficient (Wildman–Crippen LogP) is 1.91. The number of carbonyl (C=O) groups is 1. The molecule has 1 aromatic carbocycles. The molecule has 3 heterocycles. The molecule has 2 aliphatic rings. The summed E-state index contributed by atoms with van der Waals surface area (Å²) < 4.78 is 20.4. The van der Waals surface area contributed by atoms with Crippen molar-refractivity contribution < 1.29 is 14.1 Å². The van der Waals surface area contributed by atoms with E-state index in [-0.39, 0.29) is 18.0 Å². The first-order chi connectivity index (χ1) is 12.6. The first kappa shape index (κ1) is 17.1. The Morgan fingerprint density at radius 3 is 3.00 bits per heavy atom. The number of anilines is 1. The van der Waals surface area contributed by atoms with Crippen LogP contribution in [-0.2, 0) is 22.7 Å². The lowest BCUT2D eigenvalue weighted by Crippen LogP contribution is -2.43. The topological polar surface area (TPSA) is 81.6 Å². The Morgan fingerprint density at radius 2 is 2.19 bits per heavy atom. The number of benzene rings is 1. The van der Waals surface area contributed by atoms with E-state index in [1.807, 2.05) is 24.3 Å². The zero-order valence-electron chi connectivity index (χ0n) is 14.5.